The summed E-state index contributed by atoms with van der Waals surface area (Å²) in [5.41, 5.74) is 0.372. The van der Waals surface area contributed by atoms with Gasteiger partial charge in [0.25, 0.3) is 0 Å². The molecule has 1 aromatic rings. The van der Waals surface area contributed by atoms with Crippen LogP contribution in [-0.4, -0.2) is 37.5 Å². The van der Waals surface area contributed by atoms with Gasteiger partial charge in [-0.25, -0.2) is 8.42 Å². The summed E-state index contributed by atoms with van der Waals surface area (Å²) in [4.78, 5) is 0.154. The molecule has 0 saturated carbocycles. The maximum atomic E-state index is 12.7. The molecule has 1 saturated heterocycles. The van der Waals surface area contributed by atoms with Crippen molar-refractivity contribution in [3.05, 3.63) is 28.8 Å². The Kier molecular flexibility index (Phi) is 4.44. The van der Waals surface area contributed by atoms with Gasteiger partial charge >= 0.3 is 0 Å². The zero-order chi connectivity index (χ0) is 15.0. The summed E-state index contributed by atoms with van der Waals surface area (Å²) >= 11 is 6.15. The zero-order valence-corrected chi connectivity index (χ0v) is 13.3. The van der Waals surface area contributed by atoms with Crippen molar-refractivity contribution in [2.45, 2.75) is 31.6 Å². The first-order chi connectivity index (χ1) is 9.30. The van der Waals surface area contributed by atoms with Crippen LogP contribution in [0.5, 0.6) is 0 Å². The van der Waals surface area contributed by atoms with Gasteiger partial charge < -0.3 is 5.11 Å². The van der Waals surface area contributed by atoms with Gasteiger partial charge in [-0.15, -0.1) is 0 Å². The Morgan fingerprint density at radius 2 is 2.15 bits per heavy atom. The molecular formula is C14H20ClNO3S. The Hall–Kier alpha value is -0.620. The fourth-order valence-corrected chi connectivity index (χ4v) is 4.74. The van der Waals surface area contributed by atoms with E-state index in [-0.39, 0.29) is 21.9 Å². The largest absolute Gasteiger partial charge is 0.396 e. The van der Waals surface area contributed by atoms with Gasteiger partial charge in [0.05, 0.1) is 5.02 Å². The number of benzene rings is 1. The average molecular weight is 318 g/mol. The van der Waals surface area contributed by atoms with Crippen molar-refractivity contribution in [3.63, 3.8) is 0 Å². The molecule has 1 heterocycles. The predicted molar refractivity (Wildman–Crippen MR) is 79.4 cm³/mol. The molecule has 6 heteroatoms. The molecule has 0 amide bonds. The van der Waals surface area contributed by atoms with E-state index in [1.807, 2.05) is 6.92 Å². The van der Waals surface area contributed by atoms with E-state index in [0.717, 1.165) is 18.4 Å². The van der Waals surface area contributed by atoms with E-state index in [9.17, 15) is 13.5 Å². The van der Waals surface area contributed by atoms with Crippen LogP contribution in [-0.2, 0) is 10.0 Å². The number of aliphatic hydroxyl groups is 1. The van der Waals surface area contributed by atoms with Crippen LogP contribution in [0.25, 0.3) is 0 Å². The SMILES string of the molecule is Cc1cccc(S(=O)(=O)N2CCCC(C)(CO)C2)c1Cl. The van der Waals surface area contributed by atoms with E-state index in [0.29, 0.717) is 13.1 Å². The van der Waals surface area contributed by atoms with Crippen molar-refractivity contribution in [3.8, 4) is 0 Å². The third-order valence-electron chi connectivity index (χ3n) is 3.90. The molecule has 1 unspecified atom stereocenters. The molecule has 0 spiro atoms. The lowest BCUT2D eigenvalue weighted by molar-refractivity contribution is 0.0810. The van der Waals surface area contributed by atoms with Crippen LogP contribution < -0.4 is 0 Å². The molecule has 2 rings (SSSR count). The van der Waals surface area contributed by atoms with Crippen molar-refractivity contribution in [2.75, 3.05) is 19.7 Å². The van der Waals surface area contributed by atoms with E-state index in [1.54, 1.807) is 19.1 Å². The molecule has 0 aliphatic carbocycles. The third-order valence-corrected chi connectivity index (χ3v) is 6.40. The van der Waals surface area contributed by atoms with Gasteiger partial charge in [0, 0.05) is 25.1 Å². The maximum Gasteiger partial charge on any atom is 0.244 e. The highest BCUT2D eigenvalue weighted by Gasteiger charge is 2.37. The van der Waals surface area contributed by atoms with Gasteiger partial charge in [0.15, 0.2) is 0 Å². The summed E-state index contributed by atoms with van der Waals surface area (Å²) in [5.74, 6) is 0. The molecule has 1 fully saturated rings. The molecule has 1 aromatic carbocycles. The van der Waals surface area contributed by atoms with Gasteiger partial charge in [-0.2, -0.15) is 4.31 Å². The van der Waals surface area contributed by atoms with Crippen LogP contribution in [0.4, 0.5) is 0 Å². The average Bonchev–Trinajstić information content (AvgIpc) is 2.42. The second-order valence-corrected chi connectivity index (χ2v) is 8.08. The molecular weight excluding hydrogens is 298 g/mol. The van der Waals surface area contributed by atoms with Gasteiger partial charge in [0.1, 0.15) is 4.90 Å². The molecule has 112 valence electrons. The Morgan fingerprint density at radius 1 is 1.45 bits per heavy atom. The van der Waals surface area contributed by atoms with Gasteiger partial charge in [0.2, 0.25) is 10.0 Å². The maximum absolute atomic E-state index is 12.7. The Labute approximate surface area is 125 Å². The Morgan fingerprint density at radius 3 is 2.80 bits per heavy atom. The van der Waals surface area contributed by atoms with Crippen LogP contribution in [0, 0.1) is 12.3 Å². The molecule has 20 heavy (non-hydrogen) atoms. The highest BCUT2D eigenvalue weighted by atomic mass is 35.5. The highest BCUT2D eigenvalue weighted by molar-refractivity contribution is 7.89. The van der Waals surface area contributed by atoms with E-state index in [4.69, 9.17) is 11.6 Å². The second-order valence-electron chi connectivity index (χ2n) is 5.80. The first kappa shape index (κ1) is 15.8. The summed E-state index contributed by atoms with van der Waals surface area (Å²) in [6.45, 7) is 4.49. The van der Waals surface area contributed by atoms with Crippen LogP contribution in [0.3, 0.4) is 0 Å². The summed E-state index contributed by atoms with van der Waals surface area (Å²) in [7, 11) is -3.61. The lowest BCUT2D eigenvalue weighted by atomic mass is 9.84. The van der Waals surface area contributed by atoms with Crippen LogP contribution in [0.1, 0.15) is 25.3 Å². The molecule has 4 nitrogen and oxygen atoms in total. The number of piperidine rings is 1. The fourth-order valence-electron chi connectivity index (χ4n) is 2.56. The summed E-state index contributed by atoms with van der Waals surface area (Å²) in [5, 5.41) is 9.74. The lowest BCUT2D eigenvalue weighted by Gasteiger charge is -2.38. The summed E-state index contributed by atoms with van der Waals surface area (Å²) < 4.78 is 26.9. The molecule has 1 aliphatic rings. The third kappa shape index (κ3) is 2.86. The van der Waals surface area contributed by atoms with Crippen molar-refractivity contribution in [1.82, 2.24) is 4.31 Å². The number of hydrogen-bond acceptors (Lipinski definition) is 3. The number of hydrogen-bond donors (Lipinski definition) is 1. The van der Waals surface area contributed by atoms with E-state index >= 15 is 0 Å². The van der Waals surface area contributed by atoms with Crippen LogP contribution in [0.2, 0.25) is 5.02 Å². The van der Waals surface area contributed by atoms with Gasteiger partial charge in [-0.1, -0.05) is 30.7 Å². The van der Waals surface area contributed by atoms with Crippen molar-refractivity contribution in [2.24, 2.45) is 5.41 Å². The number of halogens is 1. The normalized spacial score (nSPS) is 24.8. The minimum absolute atomic E-state index is 0.0133. The number of sulfonamides is 1. The first-order valence-electron chi connectivity index (χ1n) is 6.66. The van der Waals surface area contributed by atoms with Gasteiger partial charge in [-0.3, -0.25) is 0 Å². The quantitative estimate of drug-likeness (QED) is 0.931. The highest BCUT2D eigenvalue weighted by Crippen LogP contribution is 2.34. The molecule has 0 bridgehead atoms. The molecule has 0 radical (unpaired) electrons. The van der Waals surface area contributed by atoms with Gasteiger partial charge in [-0.05, 0) is 31.4 Å². The number of aryl methyl sites for hydroxylation is 1. The van der Waals surface area contributed by atoms with E-state index < -0.39 is 10.0 Å². The smallest absolute Gasteiger partial charge is 0.244 e. The minimum atomic E-state index is -3.61. The van der Waals surface area contributed by atoms with Crippen LogP contribution in [0.15, 0.2) is 23.1 Å². The monoisotopic (exact) mass is 317 g/mol. The first-order valence-corrected chi connectivity index (χ1v) is 8.48. The van der Waals surface area contributed by atoms with Crippen molar-refractivity contribution >= 4 is 21.6 Å². The predicted octanol–water partition coefficient (Wildman–Crippen LogP) is 2.43. The molecule has 0 aromatic heterocycles. The second kappa shape index (κ2) is 5.64. The molecule has 1 N–H and O–H groups in total. The number of nitrogens with zero attached hydrogens (tertiary/aromatic N) is 1. The zero-order valence-electron chi connectivity index (χ0n) is 11.8. The topological polar surface area (TPSA) is 57.6 Å². The van der Waals surface area contributed by atoms with E-state index in [1.165, 1.54) is 10.4 Å². The fraction of sp³-hybridized carbons (Fsp3) is 0.571. The van der Waals surface area contributed by atoms with E-state index in [2.05, 4.69) is 0 Å². The van der Waals surface area contributed by atoms with Crippen molar-refractivity contribution < 1.29 is 13.5 Å². The Bertz CT molecular complexity index is 602. The summed E-state index contributed by atoms with van der Waals surface area (Å²) in [6, 6.07) is 5.02. The summed E-state index contributed by atoms with van der Waals surface area (Å²) in [6.07, 6.45) is 1.58. The van der Waals surface area contributed by atoms with Crippen molar-refractivity contribution in [1.29, 1.82) is 0 Å². The standard InChI is InChI=1S/C14H20ClNO3S/c1-11-5-3-6-12(13(11)15)20(18,19)16-8-4-7-14(2,9-16)10-17/h3,5-6,17H,4,7-10H2,1-2H3. The lowest BCUT2D eigenvalue weighted by Crippen LogP contribution is -2.46. The molecule has 1 aliphatic heterocycles. The number of aliphatic hydroxyl groups excluding tert-OH is 1. The number of rotatable bonds is 3. The van der Waals surface area contributed by atoms with Crippen LogP contribution >= 0.6 is 11.6 Å². The molecule has 1 atom stereocenters. The Balaban J connectivity index is 2.38. The minimum Gasteiger partial charge on any atom is -0.396 e.